The fraction of sp³-hybridized carbons (Fsp3) is 0.231. The third kappa shape index (κ3) is 2.22. The quantitative estimate of drug-likeness (QED) is 0.914. The van der Waals surface area contributed by atoms with Gasteiger partial charge in [0.2, 0.25) is 0 Å². The van der Waals surface area contributed by atoms with Crippen molar-refractivity contribution in [3.05, 3.63) is 49.8 Å². The maximum Gasteiger partial charge on any atom is 0.265 e. The maximum atomic E-state index is 11.9. The Kier molecular flexibility index (Phi) is 2.99. The molecule has 1 heterocycles. The van der Waals surface area contributed by atoms with E-state index in [9.17, 15) is 4.79 Å². The van der Waals surface area contributed by atoms with E-state index in [1.54, 1.807) is 12.1 Å². The topological polar surface area (TPSA) is 45.8 Å². The van der Waals surface area contributed by atoms with Gasteiger partial charge in [-0.05, 0) is 40.9 Å². The third-order valence-electron chi connectivity index (χ3n) is 2.95. The highest BCUT2D eigenvalue weighted by Crippen LogP contribution is 2.41. The number of nitrogens with zero attached hydrogens (tertiary/aromatic N) is 1. The van der Waals surface area contributed by atoms with Crippen LogP contribution in [0.2, 0.25) is 5.02 Å². The molecular weight excluding hydrogens is 316 g/mol. The van der Waals surface area contributed by atoms with Crippen molar-refractivity contribution in [2.24, 2.45) is 0 Å². The van der Waals surface area contributed by atoms with Gasteiger partial charge in [0.25, 0.3) is 5.56 Å². The molecule has 18 heavy (non-hydrogen) atoms. The largest absolute Gasteiger partial charge is 0.306 e. The summed E-state index contributed by atoms with van der Waals surface area (Å²) in [5.41, 5.74) is 1.55. The van der Waals surface area contributed by atoms with Crippen molar-refractivity contribution < 1.29 is 0 Å². The minimum Gasteiger partial charge on any atom is -0.306 e. The Balaban J connectivity index is 2.15. The van der Waals surface area contributed by atoms with Gasteiger partial charge in [0, 0.05) is 16.5 Å². The van der Waals surface area contributed by atoms with Crippen LogP contribution in [-0.4, -0.2) is 9.97 Å². The van der Waals surface area contributed by atoms with Crippen LogP contribution in [0.4, 0.5) is 0 Å². The number of nitrogens with one attached hydrogen (secondary N) is 1. The average molecular weight is 326 g/mol. The zero-order valence-corrected chi connectivity index (χ0v) is 11.8. The maximum absolute atomic E-state index is 11.9. The van der Waals surface area contributed by atoms with Crippen LogP contribution in [0, 0.1) is 0 Å². The van der Waals surface area contributed by atoms with E-state index >= 15 is 0 Å². The molecule has 1 fully saturated rings. The average Bonchev–Trinajstić information content (AvgIpc) is 3.16. The lowest BCUT2D eigenvalue weighted by Gasteiger charge is -2.06. The Morgan fingerprint density at radius 1 is 1.39 bits per heavy atom. The number of aromatic nitrogens is 2. The molecule has 0 spiro atoms. The van der Waals surface area contributed by atoms with Crippen molar-refractivity contribution >= 4 is 27.5 Å². The van der Waals surface area contributed by atoms with Crippen molar-refractivity contribution in [1.82, 2.24) is 9.97 Å². The van der Waals surface area contributed by atoms with Crippen LogP contribution < -0.4 is 5.56 Å². The van der Waals surface area contributed by atoms with Crippen LogP contribution in [0.5, 0.6) is 0 Å². The zero-order valence-electron chi connectivity index (χ0n) is 9.41. The molecule has 2 aromatic rings. The molecule has 92 valence electrons. The van der Waals surface area contributed by atoms with Crippen LogP contribution in [0.15, 0.2) is 33.5 Å². The lowest BCUT2D eigenvalue weighted by atomic mass is 10.2. The second-order valence-electron chi connectivity index (χ2n) is 4.40. The Bertz CT molecular complexity index is 664. The molecule has 0 unspecified atom stereocenters. The van der Waals surface area contributed by atoms with Gasteiger partial charge < -0.3 is 4.98 Å². The van der Waals surface area contributed by atoms with Gasteiger partial charge in [0.1, 0.15) is 10.3 Å². The van der Waals surface area contributed by atoms with Gasteiger partial charge in [-0.15, -0.1) is 0 Å². The fourth-order valence-electron chi connectivity index (χ4n) is 1.88. The minimum absolute atomic E-state index is 0.137. The van der Waals surface area contributed by atoms with E-state index in [4.69, 9.17) is 11.6 Å². The number of rotatable bonds is 2. The van der Waals surface area contributed by atoms with Crippen LogP contribution in [0.3, 0.4) is 0 Å². The second kappa shape index (κ2) is 4.52. The highest BCUT2D eigenvalue weighted by atomic mass is 79.9. The van der Waals surface area contributed by atoms with E-state index in [0.717, 1.165) is 24.1 Å². The molecule has 1 aliphatic rings. The lowest BCUT2D eigenvalue weighted by molar-refractivity contribution is 0.960. The first-order valence-electron chi connectivity index (χ1n) is 5.71. The SMILES string of the molecule is O=c1[nH]c(-c2cccc(Cl)c2)nc(C2CC2)c1Br. The third-order valence-corrected chi connectivity index (χ3v) is 3.95. The molecule has 3 rings (SSSR count). The Hall–Kier alpha value is -1.13. The van der Waals surface area contributed by atoms with Crippen molar-refractivity contribution in [2.45, 2.75) is 18.8 Å². The molecule has 1 aromatic heterocycles. The number of benzene rings is 1. The van der Waals surface area contributed by atoms with Gasteiger partial charge in [-0.3, -0.25) is 4.79 Å². The van der Waals surface area contributed by atoms with Crippen LogP contribution in [-0.2, 0) is 0 Å². The molecule has 1 aliphatic carbocycles. The second-order valence-corrected chi connectivity index (χ2v) is 5.63. The number of hydrogen-bond acceptors (Lipinski definition) is 2. The summed E-state index contributed by atoms with van der Waals surface area (Å²) >= 11 is 9.26. The van der Waals surface area contributed by atoms with Crippen molar-refractivity contribution in [2.75, 3.05) is 0 Å². The van der Waals surface area contributed by atoms with Crippen LogP contribution in [0.25, 0.3) is 11.4 Å². The summed E-state index contributed by atoms with van der Waals surface area (Å²) in [7, 11) is 0. The van der Waals surface area contributed by atoms with Crippen LogP contribution >= 0.6 is 27.5 Å². The number of hydrogen-bond donors (Lipinski definition) is 1. The normalized spacial score (nSPS) is 14.8. The molecule has 0 saturated heterocycles. The molecule has 0 aliphatic heterocycles. The summed E-state index contributed by atoms with van der Waals surface area (Å²) in [6.45, 7) is 0. The predicted octanol–water partition coefficient (Wildman–Crippen LogP) is 3.73. The van der Waals surface area contributed by atoms with Gasteiger partial charge in [-0.1, -0.05) is 23.7 Å². The number of halogens is 2. The molecule has 1 aromatic carbocycles. The Labute approximate surface area is 117 Å². The highest BCUT2D eigenvalue weighted by molar-refractivity contribution is 9.10. The summed E-state index contributed by atoms with van der Waals surface area (Å²) in [4.78, 5) is 19.2. The van der Waals surface area contributed by atoms with E-state index in [0.29, 0.717) is 21.2 Å². The molecule has 0 radical (unpaired) electrons. The van der Waals surface area contributed by atoms with Gasteiger partial charge in [-0.25, -0.2) is 4.98 Å². The molecular formula is C13H10BrClN2O. The van der Waals surface area contributed by atoms with Gasteiger partial charge in [0.05, 0.1) is 5.69 Å². The molecule has 0 amide bonds. The zero-order chi connectivity index (χ0) is 12.7. The fourth-order valence-corrected chi connectivity index (χ4v) is 2.58. The summed E-state index contributed by atoms with van der Waals surface area (Å²) < 4.78 is 0.552. The predicted molar refractivity (Wildman–Crippen MR) is 75.0 cm³/mol. The molecule has 0 atom stereocenters. The first-order valence-corrected chi connectivity index (χ1v) is 6.88. The smallest absolute Gasteiger partial charge is 0.265 e. The van der Waals surface area contributed by atoms with Gasteiger partial charge >= 0.3 is 0 Å². The summed E-state index contributed by atoms with van der Waals surface area (Å²) in [6, 6.07) is 7.32. The van der Waals surface area contributed by atoms with Crippen molar-refractivity contribution in [3.8, 4) is 11.4 Å². The molecule has 5 heteroatoms. The minimum atomic E-state index is -0.137. The van der Waals surface area contributed by atoms with E-state index in [1.807, 2.05) is 12.1 Å². The standard InChI is InChI=1S/C13H10BrClN2O/c14-10-11(7-4-5-7)16-12(17-13(10)18)8-2-1-3-9(15)6-8/h1-3,6-7H,4-5H2,(H,16,17,18). The number of aromatic amines is 1. The summed E-state index contributed by atoms with van der Waals surface area (Å²) in [5, 5.41) is 0.631. The number of H-pyrrole nitrogens is 1. The highest BCUT2D eigenvalue weighted by Gasteiger charge is 2.29. The molecule has 3 nitrogen and oxygen atoms in total. The van der Waals surface area contributed by atoms with Gasteiger partial charge in [0.15, 0.2) is 0 Å². The van der Waals surface area contributed by atoms with Crippen molar-refractivity contribution in [3.63, 3.8) is 0 Å². The first-order chi connectivity index (χ1) is 8.65. The van der Waals surface area contributed by atoms with Gasteiger partial charge in [-0.2, -0.15) is 0 Å². The van der Waals surface area contributed by atoms with E-state index in [2.05, 4.69) is 25.9 Å². The summed E-state index contributed by atoms with van der Waals surface area (Å²) in [5.74, 6) is 0.993. The Morgan fingerprint density at radius 3 is 2.83 bits per heavy atom. The van der Waals surface area contributed by atoms with E-state index in [1.165, 1.54) is 0 Å². The molecule has 1 saturated carbocycles. The molecule has 1 N–H and O–H groups in total. The van der Waals surface area contributed by atoms with E-state index < -0.39 is 0 Å². The van der Waals surface area contributed by atoms with Crippen molar-refractivity contribution in [1.29, 1.82) is 0 Å². The lowest BCUT2D eigenvalue weighted by Crippen LogP contribution is -2.13. The molecule has 0 bridgehead atoms. The first kappa shape index (κ1) is 11.9. The van der Waals surface area contributed by atoms with E-state index in [-0.39, 0.29) is 5.56 Å². The Morgan fingerprint density at radius 2 is 2.17 bits per heavy atom. The monoisotopic (exact) mass is 324 g/mol. The van der Waals surface area contributed by atoms with Crippen LogP contribution in [0.1, 0.15) is 24.5 Å². The summed E-state index contributed by atoms with van der Waals surface area (Å²) in [6.07, 6.45) is 2.20.